The highest BCUT2D eigenvalue weighted by molar-refractivity contribution is 6.00. The van der Waals surface area contributed by atoms with Crippen molar-refractivity contribution in [2.24, 2.45) is 0 Å². The first-order chi connectivity index (χ1) is 11.5. The van der Waals surface area contributed by atoms with Crippen molar-refractivity contribution in [3.63, 3.8) is 0 Å². The molecule has 2 saturated heterocycles. The van der Waals surface area contributed by atoms with Gasteiger partial charge in [-0.2, -0.15) is 0 Å². The molecule has 0 N–H and O–H groups in total. The van der Waals surface area contributed by atoms with Crippen LogP contribution in [0.25, 0.3) is 0 Å². The monoisotopic (exact) mass is 329 g/mol. The fourth-order valence-electron chi connectivity index (χ4n) is 5.16. The van der Waals surface area contributed by atoms with E-state index in [1.54, 1.807) is 0 Å². The zero-order valence-electron chi connectivity index (χ0n) is 15.9. The number of anilines is 1. The lowest BCUT2D eigenvalue weighted by molar-refractivity contribution is -0.939. The molecule has 1 amide bonds. The highest BCUT2D eigenvalue weighted by Crippen LogP contribution is 2.34. The average Bonchev–Trinajstić information content (AvgIpc) is 2.77. The van der Waals surface area contributed by atoms with Gasteiger partial charge in [0.05, 0.1) is 19.6 Å². The van der Waals surface area contributed by atoms with Crippen molar-refractivity contribution >= 4 is 11.6 Å². The topological polar surface area (TPSA) is 20.3 Å². The molecule has 1 aromatic carbocycles. The maximum Gasteiger partial charge on any atom is 0.285 e. The van der Waals surface area contributed by atoms with Gasteiger partial charge in [0.15, 0.2) is 6.04 Å². The van der Waals surface area contributed by atoms with E-state index >= 15 is 0 Å². The molecular formula is C21H33N2O+. The van der Waals surface area contributed by atoms with Crippen LogP contribution in [0.15, 0.2) is 12.1 Å². The van der Waals surface area contributed by atoms with Crippen molar-refractivity contribution in [1.29, 1.82) is 0 Å². The maximum absolute atomic E-state index is 13.4. The Hall–Kier alpha value is -1.35. The fourth-order valence-corrected chi connectivity index (χ4v) is 5.16. The molecule has 1 atom stereocenters. The van der Waals surface area contributed by atoms with Crippen LogP contribution in [-0.4, -0.2) is 42.6 Å². The molecule has 1 unspecified atom stereocenters. The van der Waals surface area contributed by atoms with Crippen molar-refractivity contribution in [1.82, 2.24) is 0 Å². The van der Waals surface area contributed by atoms with E-state index in [0.29, 0.717) is 5.91 Å². The second-order valence-electron chi connectivity index (χ2n) is 7.94. The van der Waals surface area contributed by atoms with E-state index in [2.05, 4.69) is 44.7 Å². The third kappa shape index (κ3) is 2.99. The summed E-state index contributed by atoms with van der Waals surface area (Å²) in [6.07, 6.45) is 6.24. The Morgan fingerprint density at radius 1 is 1.04 bits per heavy atom. The Morgan fingerprint density at radius 2 is 1.62 bits per heavy atom. The first-order valence-electron chi connectivity index (χ1n) is 9.73. The van der Waals surface area contributed by atoms with E-state index in [0.717, 1.165) is 29.7 Å². The molecule has 0 spiro atoms. The van der Waals surface area contributed by atoms with Gasteiger partial charge in [0.25, 0.3) is 5.91 Å². The third-order valence-electron chi connectivity index (χ3n) is 6.33. The van der Waals surface area contributed by atoms with Crippen molar-refractivity contribution in [2.45, 2.75) is 65.8 Å². The highest BCUT2D eigenvalue weighted by atomic mass is 16.2. The molecule has 2 aliphatic heterocycles. The number of nitrogens with zero attached hydrogens (tertiary/aromatic N) is 2. The molecule has 3 heteroatoms. The largest absolute Gasteiger partial charge is 0.314 e. The summed E-state index contributed by atoms with van der Waals surface area (Å²) < 4.78 is 1.03. The van der Waals surface area contributed by atoms with Gasteiger partial charge in [-0.1, -0.05) is 17.7 Å². The number of hydrogen-bond acceptors (Lipinski definition) is 1. The Morgan fingerprint density at radius 3 is 2.17 bits per heavy atom. The number of likely N-dealkylation sites (tertiary alicyclic amines) is 1. The molecule has 2 fully saturated rings. The molecule has 0 aliphatic carbocycles. The highest BCUT2D eigenvalue weighted by Gasteiger charge is 2.47. The predicted molar refractivity (Wildman–Crippen MR) is 100 cm³/mol. The smallest absolute Gasteiger partial charge is 0.285 e. The van der Waals surface area contributed by atoms with Gasteiger partial charge in [0.2, 0.25) is 0 Å². The summed E-state index contributed by atoms with van der Waals surface area (Å²) in [7, 11) is 0. The number of quaternary nitrogens is 1. The van der Waals surface area contributed by atoms with Crippen LogP contribution >= 0.6 is 0 Å². The minimum atomic E-state index is 0.174. The van der Waals surface area contributed by atoms with Gasteiger partial charge in [0, 0.05) is 18.7 Å². The lowest BCUT2D eigenvalue weighted by Gasteiger charge is -2.41. The molecule has 2 aliphatic rings. The maximum atomic E-state index is 13.4. The third-order valence-corrected chi connectivity index (χ3v) is 6.33. The number of amides is 1. The van der Waals surface area contributed by atoms with Crippen molar-refractivity contribution < 1.29 is 9.28 Å². The van der Waals surface area contributed by atoms with Crippen LogP contribution in [-0.2, 0) is 4.79 Å². The number of rotatable bonds is 3. The summed E-state index contributed by atoms with van der Waals surface area (Å²) in [6.45, 7) is 13.1. The molecule has 0 bridgehead atoms. The minimum absolute atomic E-state index is 0.174. The summed E-state index contributed by atoms with van der Waals surface area (Å²) in [6, 6.07) is 4.59. The summed E-state index contributed by atoms with van der Waals surface area (Å²) in [5.74, 6) is 0.369. The van der Waals surface area contributed by atoms with Gasteiger partial charge in [-0.05, 0) is 64.5 Å². The molecule has 1 aromatic rings. The number of hydrogen-bond donors (Lipinski definition) is 0. The van der Waals surface area contributed by atoms with Gasteiger partial charge in [-0.3, -0.25) is 4.79 Å². The van der Waals surface area contributed by atoms with Crippen molar-refractivity contribution in [3.8, 4) is 0 Å². The lowest BCUT2D eigenvalue weighted by atomic mass is 10.0. The van der Waals surface area contributed by atoms with Crippen LogP contribution in [0, 0.1) is 20.8 Å². The summed E-state index contributed by atoms with van der Waals surface area (Å²) >= 11 is 0. The van der Waals surface area contributed by atoms with Gasteiger partial charge >= 0.3 is 0 Å². The van der Waals surface area contributed by atoms with E-state index in [4.69, 9.17) is 0 Å². The Labute approximate surface area is 147 Å². The second kappa shape index (κ2) is 6.87. The van der Waals surface area contributed by atoms with E-state index < -0.39 is 0 Å². The van der Waals surface area contributed by atoms with E-state index in [-0.39, 0.29) is 6.04 Å². The van der Waals surface area contributed by atoms with E-state index in [1.807, 2.05) is 0 Å². The molecule has 0 radical (unpaired) electrons. The SMILES string of the molecule is CC[N+]1(C2CCN(c3c(C)cc(C)cc3C)C2=O)CCCCCC1. The molecule has 0 aromatic heterocycles. The zero-order valence-corrected chi connectivity index (χ0v) is 15.9. The van der Waals surface area contributed by atoms with Crippen LogP contribution < -0.4 is 4.90 Å². The Kier molecular flexibility index (Phi) is 5.00. The van der Waals surface area contributed by atoms with Gasteiger partial charge in [-0.15, -0.1) is 0 Å². The molecule has 2 heterocycles. The lowest BCUT2D eigenvalue weighted by Crippen LogP contribution is -2.58. The standard InChI is InChI=1S/C21H33N2O/c1-5-23(12-8-6-7-9-13-23)19-10-11-22(21(19)24)20-17(3)14-16(2)15-18(20)4/h14-15,19H,5-13H2,1-4H3/q+1. The normalized spacial score (nSPS) is 24.2. The minimum Gasteiger partial charge on any atom is -0.314 e. The molecule has 0 saturated carbocycles. The number of benzene rings is 1. The number of carbonyl (C=O) groups excluding carboxylic acids is 1. The Balaban J connectivity index is 1.90. The first-order valence-corrected chi connectivity index (χ1v) is 9.73. The van der Waals surface area contributed by atoms with Crippen molar-refractivity contribution in [3.05, 3.63) is 28.8 Å². The first kappa shape index (κ1) is 17.5. The van der Waals surface area contributed by atoms with Crippen molar-refractivity contribution in [2.75, 3.05) is 31.1 Å². The predicted octanol–water partition coefficient (Wildman–Crippen LogP) is 4.13. The Bertz CT molecular complexity index is 591. The fraction of sp³-hybridized carbons (Fsp3) is 0.667. The van der Waals surface area contributed by atoms with Crippen LogP contribution in [0.4, 0.5) is 5.69 Å². The van der Waals surface area contributed by atoms with E-state index in [1.165, 1.54) is 55.5 Å². The quantitative estimate of drug-likeness (QED) is 0.764. The molecule has 3 rings (SSSR count). The molecule has 24 heavy (non-hydrogen) atoms. The van der Waals surface area contributed by atoms with Crippen LogP contribution in [0.2, 0.25) is 0 Å². The molecule has 3 nitrogen and oxygen atoms in total. The molecule has 132 valence electrons. The van der Waals surface area contributed by atoms with Crippen LogP contribution in [0.3, 0.4) is 0 Å². The van der Waals surface area contributed by atoms with Gasteiger partial charge < -0.3 is 9.38 Å². The van der Waals surface area contributed by atoms with Crippen LogP contribution in [0.1, 0.15) is 55.7 Å². The summed E-state index contributed by atoms with van der Waals surface area (Å²) in [4.78, 5) is 15.5. The molecular weight excluding hydrogens is 296 g/mol. The average molecular weight is 330 g/mol. The van der Waals surface area contributed by atoms with Crippen LogP contribution in [0.5, 0.6) is 0 Å². The summed E-state index contributed by atoms with van der Waals surface area (Å²) in [5.41, 5.74) is 4.92. The summed E-state index contributed by atoms with van der Waals surface area (Å²) in [5, 5.41) is 0. The van der Waals surface area contributed by atoms with Gasteiger partial charge in [-0.25, -0.2) is 0 Å². The number of carbonyl (C=O) groups is 1. The number of aryl methyl sites for hydroxylation is 3. The zero-order chi connectivity index (χ0) is 17.3. The number of likely N-dealkylation sites (N-methyl/N-ethyl adjacent to an activating group) is 1. The van der Waals surface area contributed by atoms with Gasteiger partial charge in [0.1, 0.15) is 0 Å². The second-order valence-corrected chi connectivity index (χ2v) is 7.94. The van der Waals surface area contributed by atoms with E-state index in [9.17, 15) is 4.79 Å².